The smallest absolute Gasteiger partial charge is 0.00841 e. The van der Waals surface area contributed by atoms with Crippen LogP contribution >= 0.6 is 0 Å². The second-order valence-corrected chi connectivity index (χ2v) is 6.44. The molecule has 1 saturated carbocycles. The third-order valence-corrected chi connectivity index (χ3v) is 4.94. The molecule has 20 heavy (non-hydrogen) atoms. The van der Waals surface area contributed by atoms with Crippen molar-refractivity contribution in [1.29, 1.82) is 0 Å². The van der Waals surface area contributed by atoms with E-state index in [1.807, 2.05) is 0 Å². The first-order valence-electron chi connectivity index (χ1n) is 8.42. The molecule has 0 saturated heterocycles. The molecule has 2 aliphatic carbocycles. The van der Waals surface area contributed by atoms with Gasteiger partial charge >= 0.3 is 0 Å². The maximum absolute atomic E-state index is 3.84. The van der Waals surface area contributed by atoms with Crippen LogP contribution < -0.4 is 0 Å². The van der Waals surface area contributed by atoms with Crippen LogP contribution in [-0.2, 0) is 0 Å². The Morgan fingerprint density at radius 3 is 2.60 bits per heavy atom. The molecule has 0 aromatic heterocycles. The Labute approximate surface area is 125 Å². The van der Waals surface area contributed by atoms with E-state index in [1.165, 1.54) is 64.2 Å². The Morgan fingerprint density at radius 2 is 2.00 bits per heavy atom. The number of hydrogen-bond acceptors (Lipinski definition) is 0. The summed E-state index contributed by atoms with van der Waals surface area (Å²) in [7, 11) is 0. The Morgan fingerprint density at radius 1 is 1.15 bits per heavy atom. The molecule has 0 radical (unpaired) electrons. The van der Waals surface area contributed by atoms with Crippen LogP contribution in [0.5, 0.6) is 0 Å². The van der Waals surface area contributed by atoms with Crippen molar-refractivity contribution in [1.82, 2.24) is 0 Å². The van der Waals surface area contributed by atoms with Crippen molar-refractivity contribution in [3.8, 4) is 0 Å². The predicted molar refractivity (Wildman–Crippen MR) is 89.8 cm³/mol. The molecule has 0 bridgehead atoms. The minimum Gasteiger partial charge on any atom is -0.103 e. The van der Waals surface area contributed by atoms with Crippen LogP contribution in [0, 0.1) is 5.41 Å². The molecule has 0 heteroatoms. The normalized spacial score (nSPS) is 20.6. The zero-order chi connectivity index (χ0) is 14.3. The number of hydrogen-bond donors (Lipinski definition) is 0. The summed E-state index contributed by atoms with van der Waals surface area (Å²) in [4.78, 5) is 0. The van der Waals surface area contributed by atoms with Gasteiger partial charge in [0.2, 0.25) is 0 Å². The molecule has 0 aromatic carbocycles. The SMILES string of the molecule is C=CCCCC1(C2=CC=C(CCC/C=C\C)CC2)CC1. The van der Waals surface area contributed by atoms with Crippen LogP contribution in [0.4, 0.5) is 0 Å². The fourth-order valence-corrected chi connectivity index (χ4v) is 3.41. The van der Waals surface area contributed by atoms with Crippen molar-refractivity contribution in [2.75, 3.05) is 0 Å². The number of allylic oxidation sites excluding steroid dienone is 7. The van der Waals surface area contributed by atoms with E-state index in [4.69, 9.17) is 0 Å². The maximum Gasteiger partial charge on any atom is -0.00841 e. The first kappa shape index (κ1) is 15.4. The Kier molecular flexibility index (Phi) is 5.88. The molecule has 0 spiro atoms. The second-order valence-electron chi connectivity index (χ2n) is 6.44. The molecule has 0 aromatic rings. The van der Waals surface area contributed by atoms with Gasteiger partial charge in [0.1, 0.15) is 0 Å². The zero-order valence-corrected chi connectivity index (χ0v) is 13.2. The molecule has 0 nitrogen and oxygen atoms in total. The van der Waals surface area contributed by atoms with Gasteiger partial charge in [-0.1, -0.05) is 41.5 Å². The highest BCUT2D eigenvalue weighted by Crippen LogP contribution is 2.57. The van der Waals surface area contributed by atoms with Crippen molar-refractivity contribution in [3.05, 3.63) is 48.1 Å². The van der Waals surface area contributed by atoms with E-state index in [-0.39, 0.29) is 0 Å². The monoisotopic (exact) mass is 270 g/mol. The summed E-state index contributed by atoms with van der Waals surface area (Å²) in [6.07, 6.45) is 24.6. The van der Waals surface area contributed by atoms with Crippen LogP contribution in [0.2, 0.25) is 0 Å². The Balaban J connectivity index is 1.81. The van der Waals surface area contributed by atoms with Gasteiger partial charge in [-0.05, 0) is 76.5 Å². The zero-order valence-electron chi connectivity index (χ0n) is 13.2. The van der Waals surface area contributed by atoms with Gasteiger partial charge in [0, 0.05) is 0 Å². The molecule has 1 fully saturated rings. The lowest BCUT2D eigenvalue weighted by Crippen LogP contribution is -2.08. The average Bonchev–Trinajstić information content (AvgIpc) is 3.26. The van der Waals surface area contributed by atoms with Gasteiger partial charge in [0.05, 0.1) is 0 Å². The highest BCUT2D eigenvalue weighted by molar-refractivity contribution is 5.32. The highest BCUT2D eigenvalue weighted by atomic mass is 14.5. The van der Waals surface area contributed by atoms with Crippen LogP contribution in [0.25, 0.3) is 0 Å². The minimum atomic E-state index is 0.607. The van der Waals surface area contributed by atoms with E-state index in [1.54, 1.807) is 11.1 Å². The van der Waals surface area contributed by atoms with Crippen molar-refractivity contribution in [3.63, 3.8) is 0 Å². The summed E-state index contributed by atoms with van der Waals surface area (Å²) >= 11 is 0. The van der Waals surface area contributed by atoms with E-state index in [2.05, 4.69) is 43.9 Å². The van der Waals surface area contributed by atoms with Crippen molar-refractivity contribution in [2.24, 2.45) is 5.41 Å². The Hall–Kier alpha value is -1.04. The summed E-state index contributed by atoms with van der Waals surface area (Å²) in [5.41, 5.74) is 4.02. The van der Waals surface area contributed by atoms with Crippen molar-refractivity contribution < 1.29 is 0 Å². The predicted octanol–water partition coefficient (Wildman–Crippen LogP) is 6.52. The van der Waals surface area contributed by atoms with Crippen LogP contribution in [-0.4, -0.2) is 0 Å². The summed E-state index contributed by atoms with van der Waals surface area (Å²) < 4.78 is 0. The summed E-state index contributed by atoms with van der Waals surface area (Å²) in [5.74, 6) is 0. The van der Waals surface area contributed by atoms with E-state index in [9.17, 15) is 0 Å². The molecular weight excluding hydrogens is 240 g/mol. The molecular formula is C20H30. The highest BCUT2D eigenvalue weighted by Gasteiger charge is 2.44. The lowest BCUT2D eigenvalue weighted by Gasteiger charge is -2.23. The first-order chi connectivity index (χ1) is 9.80. The average molecular weight is 270 g/mol. The number of unbranched alkanes of at least 4 members (excludes halogenated alkanes) is 2. The summed E-state index contributed by atoms with van der Waals surface area (Å²) in [5, 5.41) is 0. The molecule has 0 N–H and O–H groups in total. The van der Waals surface area contributed by atoms with Crippen molar-refractivity contribution >= 4 is 0 Å². The van der Waals surface area contributed by atoms with Gasteiger partial charge in [0.25, 0.3) is 0 Å². The van der Waals surface area contributed by atoms with Gasteiger partial charge in [-0.25, -0.2) is 0 Å². The van der Waals surface area contributed by atoms with E-state index >= 15 is 0 Å². The third-order valence-electron chi connectivity index (χ3n) is 4.94. The Bertz CT molecular complexity index is 402. The molecule has 2 aliphatic rings. The first-order valence-corrected chi connectivity index (χ1v) is 8.42. The standard InChI is InChI=1S/C20H30/c1-3-5-7-8-10-18-11-13-19(14-12-18)20(16-17-20)15-9-6-4-2/h3-5,11,13H,2,6-10,12,14-17H2,1H3/b5-3-. The van der Waals surface area contributed by atoms with Crippen LogP contribution in [0.15, 0.2) is 48.1 Å². The lowest BCUT2D eigenvalue weighted by molar-refractivity contribution is 0.502. The molecule has 0 amide bonds. The maximum atomic E-state index is 3.84. The minimum absolute atomic E-state index is 0.607. The van der Waals surface area contributed by atoms with Crippen LogP contribution in [0.3, 0.4) is 0 Å². The fourth-order valence-electron chi connectivity index (χ4n) is 3.41. The van der Waals surface area contributed by atoms with Gasteiger partial charge in [-0.2, -0.15) is 0 Å². The van der Waals surface area contributed by atoms with Crippen LogP contribution in [0.1, 0.15) is 71.1 Å². The molecule has 2 rings (SSSR count). The molecule has 0 atom stereocenters. The largest absolute Gasteiger partial charge is 0.103 e. The van der Waals surface area contributed by atoms with Gasteiger partial charge < -0.3 is 0 Å². The van der Waals surface area contributed by atoms with Crippen molar-refractivity contribution in [2.45, 2.75) is 71.1 Å². The summed E-state index contributed by atoms with van der Waals surface area (Å²) in [6.45, 7) is 5.94. The number of rotatable bonds is 9. The quantitative estimate of drug-likeness (QED) is 0.330. The lowest BCUT2D eigenvalue weighted by atomic mass is 9.82. The summed E-state index contributed by atoms with van der Waals surface area (Å²) in [6, 6.07) is 0. The molecule has 0 aliphatic heterocycles. The van der Waals surface area contributed by atoms with Gasteiger partial charge in [-0.15, -0.1) is 6.58 Å². The second kappa shape index (κ2) is 7.67. The third kappa shape index (κ3) is 4.23. The van der Waals surface area contributed by atoms with Gasteiger partial charge in [-0.3, -0.25) is 0 Å². The molecule has 110 valence electrons. The topological polar surface area (TPSA) is 0 Å². The van der Waals surface area contributed by atoms with E-state index < -0.39 is 0 Å². The van der Waals surface area contributed by atoms with Gasteiger partial charge in [0.15, 0.2) is 0 Å². The fraction of sp³-hybridized carbons (Fsp3) is 0.600. The molecule has 0 unspecified atom stereocenters. The molecule has 0 heterocycles. The van der Waals surface area contributed by atoms with E-state index in [0.717, 1.165) is 0 Å². The van der Waals surface area contributed by atoms with E-state index in [0.29, 0.717) is 5.41 Å².